The fraction of sp³-hybridized carbons (Fsp3) is 0.545. The van der Waals surface area contributed by atoms with E-state index in [0.29, 0.717) is 19.3 Å². The molecule has 0 saturated carbocycles. The van der Waals surface area contributed by atoms with Crippen LogP contribution >= 0.6 is 0 Å². The third-order valence-corrected chi connectivity index (χ3v) is 1.77. The van der Waals surface area contributed by atoms with Gasteiger partial charge >= 0.3 is 0 Å². The van der Waals surface area contributed by atoms with Gasteiger partial charge in [0.05, 0.1) is 6.20 Å². The van der Waals surface area contributed by atoms with Gasteiger partial charge in [0.2, 0.25) is 0 Å². The first-order valence-corrected chi connectivity index (χ1v) is 5.36. The number of nitrogens with zero attached hydrogens (tertiary/aromatic N) is 1. The highest BCUT2D eigenvalue weighted by Crippen LogP contribution is 2.10. The fourth-order valence-electron chi connectivity index (χ4n) is 1.04. The number of hydrogen-bond donors (Lipinski definition) is 2. The van der Waals surface area contributed by atoms with Crippen LogP contribution in [0.3, 0.4) is 0 Å². The Balaban J connectivity index is 2.16. The SMILES string of the molecule is CNc1ccc(OCCONC(C)C)cn1. The topological polar surface area (TPSA) is 55.4 Å². The Labute approximate surface area is 96.1 Å². The maximum Gasteiger partial charge on any atom is 0.137 e. The summed E-state index contributed by atoms with van der Waals surface area (Å²) in [6, 6.07) is 4.05. The van der Waals surface area contributed by atoms with Gasteiger partial charge in [-0.3, -0.25) is 4.84 Å². The van der Waals surface area contributed by atoms with Crippen LogP contribution in [0.15, 0.2) is 18.3 Å². The summed E-state index contributed by atoms with van der Waals surface area (Å²) in [5.74, 6) is 1.57. The molecule has 0 aromatic carbocycles. The standard InChI is InChI=1S/C11H19N3O2/c1-9(2)14-16-7-6-15-10-4-5-11(12-3)13-8-10/h4-5,8-9,14H,6-7H2,1-3H3,(H,12,13). The van der Waals surface area contributed by atoms with Gasteiger partial charge in [0, 0.05) is 13.1 Å². The number of ether oxygens (including phenoxy) is 1. The molecule has 1 heterocycles. The summed E-state index contributed by atoms with van der Waals surface area (Å²) in [5, 5.41) is 2.94. The van der Waals surface area contributed by atoms with Crippen LogP contribution in [0.25, 0.3) is 0 Å². The third-order valence-electron chi connectivity index (χ3n) is 1.77. The van der Waals surface area contributed by atoms with Gasteiger partial charge in [0.15, 0.2) is 0 Å². The summed E-state index contributed by atoms with van der Waals surface area (Å²) in [6.07, 6.45) is 1.68. The van der Waals surface area contributed by atoms with E-state index >= 15 is 0 Å². The molecule has 0 fully saturated rings. The molecule has 5 nitrogen and oxygen atoms in total. The van der Waals surface area contributed by atoms with Crippen molar-refractivity contribution in [1.82, 2.24) is 10.5 Å². The Morgan fingerprint density at radius 3 is 2.69 bits per heavy atom. The average molecular weight is 225 g/mol. The molecule has 1 aromatic heterocycles. The second-order valence-electron chi connectivity index (χ2n) is 3.60. The van der Waals surface area contributed by atoms with Crippen molar-refractivity contribution >= 4 is 5.82 Å². The van der Waals surface area contributed by atoms with Crippen molar-refractivity contribution in [3.63, 3.8) is 0 Å². The molecule has 0 amide bonds. The molecule has 90 valence electrons. The van der Waals surface area contributed by atoms with E-state index in [1.54, 1.807) is 6.20 Å². The van der Waals surface area contributed by atoms with Gasteiger partial charge in [-0.1, -0.05) is 0 Å². The fourth-order valence-corrected chi connectivity index (χ4v) is 1.04. The maximum atomic E-state index is 5.43. The molecule has 2 N–H and O–H groups in total. The number of pyridine rings is 1. The minimum atomic E-state index is 0.316. The molecule has 0 aliphatic rings. The van der Waals surface area contributed by atoms with Gasteiger partial charge in [-0.15, -0.1) is 0 Å². The van der Waals surface area contributed by atoms with Crippen LogP contribution in [-0.2, 0) is 4.84 Å². The van der Waals surface area contributed by atoms with E-state index in [1.165, 1.54) is 0 Å². The largest absolute Gasteiger partial charge is 0.489 e. The van der Waals surface area contributed by atoms with Gasteiger partial charge in [0.25, 0.3) is 0 Å². The molecule has 0 spiro atoms. The van der Waals surface area contributed by atoms with Crippen LogP contribution in [0.2, 0.25) is 0 Å². The van der Waals surface area contributed by atoms with Crippen molar-refractivity contribution in [2.45, 2.75) is 19.9 Å². The molecular weight excluding hydrogens is 206 g/mol. The maximum absolute atomic E-state index is 5.43. The first-order valence-electron chi connectivity index (χ1n) is 5.36. The van der Waals surface area contributed by atoms with Gasteiger partial charge in [0.1, 0.15) is 24.8 Å². The van der Waals surface area contributed by atoms with E-state index in [0.717, 1.165) is 11.6 Å². The quantitative estimate of drug-likeness (QED) is 0.543. The average Bonchev–Trinajstić information content (AvgIpc) is 2.29. The predicted octanol–water partition coefficient (Wildman–Crippen LogP) is 1.43. The highest BCUT2D eigenvalue weighted by molar-refractivity contribution is 5.36. The molecule has 5 heteroatoms. The summed E-state index contributed by atoms with van der Waals surface area (Å²) >= 11 is 0. The van der Waals surface area contributed by atoms with Gasteiger partial charge in [-0.2, -0.15) is 5.48 Å². The van der Waals surface area contributed by atoms with E-state index in [1.807, 2.05) is 33.0 Å². The van der Waals surface area contributed by atoms with Crippen molar-refractivity contribution in [3.8, 4) is 5.75 Å². The van der Waals surface area contributed by atoms with Crippen LogP contribution in [0.1, 0.15) is 13.8 Å². The summed E-state index contributed by atoms with van der Waals surface area (Å²) in [7, 11) is 1.83. The number of nitrogens with one attached hydrogen (secondary N) is 2. The Morgan fingerprint density at radius 2 is 2.12 bits per heavy atom. The first kappa shape index (κ1) is 12.7. The molecule has 1 aromatic rings. The number of anilines is 1. The van der Waals surface area contributed by atoms with Crippen molar-refractivity contribution in [2.24, 2.45) is 0 Å². The van der Waals surface area contributed by atoms with Gasteiger partial charge < -0.3 is 10.1 Å². The van der Waals surface area contributed by atoms with Crippen molar-refractivity contribution in [2.75, 3.05) is 25.6 Å². The Kier molecular flexibility index (Phi) is 5.60. The van der Waals surface area contributed by atoms with E-state index < -0.39 is 0 Å². The smallest absolute Gasteiger partial charge is 0.137 e. The lowest BCUT2D eigenvalue weighted by Gasteiger charge is -2.09. The normalized spacial score (nSPS) is 10.5. The Morgan fingerprint density at radius 1 is 1.31 bits per heavy atom. The number of hydrogen-bond acceptors (Lipinski definition) is 5. The minimum absolute atomic E-state index is 0.316. The minimum Gasteiger partial charge on any atom is -0.489 e. The molecule has 0 aliphatic heterocycles. The highest BCUT2D eigenvalue weighted by atomic mass is 16.7. The molecule has 0 saturated heterocycles. The predicted molar refractivity (Wildman–Crippen MR) is 63.5 cm³/mol. The number of hydroxylamine groups is 1. The van der Waals surface area contributed by atoms with Crippen molar-refractivity contribution in [1.29, 1.82) is 0 Å². The lowest BCUT2D eigenvalue weighted by Crippen LogP contribution is -2.25. The summed E-state index contributed by atoms with van der Waals surface area (Å²) < 4.78 is 5.43. The van der Waals surface area contributed by atoms with Crippen LogP contribution in [0, 0.1) is 0 Å². The molecule has 0 bridgehead atoms. The molecule has 0 radical (unpaired) electrons. The second kappa shape index (κ2) is 7.03. The Bertz CT molecular complexity index is 288. The zero-order valence-electron chi connectivity index (χ0n) is 9.99. The Hall–Kier alpha value is -1.33. The van der Waals surface area contributed by atoms with Crippen LogP contribution in [0.4, 0.5) is 5.82 Å². The van der Waals surface area contributed by atoms with Gasteiger partial charge in [-0.05, 0) is 26.0 Å². The first-order chi connectivity index (χ1) is 7.72. The lowest BCUT2D eigenvalue weighted by atomic mass is 10.4. The molecule has 0 unspecified atom stereocenters. The third kappa shape index (κ3) is 4.95. The monoisotopic (exact) mass is 225 g/mol. The number of aromatic nitrogens is 1. The molecule has 0 aliphatic carbocycles. The zero-order valence-corrected chi connectivity index (χ0v) is 9.99. The molecule has 0 atom stereocenters. The van der Waals surface area contributed by atoms with Crippen LogP contribution in [0.5, 0.6) is 5.75 Å². The van der Waals surface area contributed by atoms with E-state index in [-0.39, 0.29) is 0 Å². The zero-order chi connectivity index (χ0) is 11.8. The summed E-state index contributed by atoms with van der Waals surface area (Å²) in [6.45, 7) is 5.04. The van der Waals surface area contributed by atoms with Crippen LogP contribution < -0.4 is 15.5 Å². The number of rotatable bonds is 7. The highest BCUT2D eigenvalue weighted by Gasteiger charge is 1.96. The van der Waals surface area contributed by atoms with E-state index in [4.69, 9.17) is 9.57 Å². The van der Waals surface area contributed by atoms with Gasteiger partial charge in [-0.25, -0.2) is 4.98 Å². The molecular formula is C11H19N3O2. The van der Waals surface area contributed by atoms with E-state index in [9.17, 15) is 0 Å². The second-order valence-corrected chi connectivity index (χ2v) is 3.60. The van der Waals surface area contributed by atoms with Crippen molar-refractivity contribution in [3.05, 3.63) is 18.3 Å². The summed E-state index contributed by atoms with van der Waals surface area (Å²) in [4.78, 5) is 9.29. The van der Waals surface area contributed by atoms with E-state index in [2.05, 4.69) is 15.8 Å². The van der Waals surface area contributed by atoms with Crippen LogP contribution in [-0.4, -0.2) is 31.3 Å². The van der Waals surface area contributed by atoms with Crippen molar-refractivity contribution < 1.29 is 9.57 Å². The molecule has 16 heavy (non-hydrogen) atoms. The molecule has 1 rings (SSSR count). The lowest BCUT2D eigenvalue weighted by molar-refractivity contribution is 0.00766. The summed E-state index contributed by atoms with van der Waals surface area (Å²) in [5.41, 5.74) is 2.84.